The zero-order valence-corrected chi connectivity index (χ0v) is 9.56. The Morgan fingerprint density at radius 2 is 2.12 bits per heavy atom. The maximum atomic E-state index is 11.2. The molecule has 0 spiro atoms. The monoisotopic (exact) mass is 227 g/mol. The van der Waals surface area contributed by atoms with E-state index in [9.17, 15) is 9.59 Å². The number of amides is 1. The van der Waals surface area contributed by atoms with Crippen molar-refractivity contribution < 1.29 is 19.1 Å². The first-order valence-corrected chi connectivity index (χ1v) is 5.06. The van der Waals surface area contributed by atoms with Crippen molar-refractivity contribution in [2.24, 2.45) is 0 Å². The van der Waals surface area contributed by atoms with Crippen LogP contribution in [0.5, 0.6) is 0 Å². The minimum Gasteiger partial charge on any atom is -0.464 e. The maximum absolute atomic E-state index is 11.2. The molecule has 90 valence electrons. The van der Waals surface area contributed by atoms with E-state index in [0.717, 1.165) is 6.42 Å². The van der Waals surface area contributed by atoms with Crippen LogP contribution in [-0.4, -0.2) is 25.8 Å². The molecule has 1 amide bonds. The molecule has 0 saturated carbocycles. The van der Waals surface area contributed by atoms with Gasteiger partial charge in [0.1, 0.15) is 13.2 Å². The summed E-state index contributed by atoms with van der Waals surface area (Å²) in [5, 5.41) is 2.57. The molecule has 1 N–H and O–H groups in total. The van der Waals surface area contributed by atoms with Crippen molar-refractivity contribution in [2.75, 3.05) is 13.2 Å². The summed E-state index contributed by atoms with van der Waals surface area (Å²) in [5.74, 6) is 0. The minimum atomic E-state index is -0.563. The fraction of sp³-hybridized carbons (Fsp3) is 0.455. The molecular weight excluding hydrogens is 210 g/mol. The lowest BCUT2D eigenvalue weighted by molar-refractivity contribution is -0.129. The number of nitrogens with one attached hydrogen (secondary N) is 1. The minimum absolute atomic E-state index is 0.0415. The van der Waals surface area contributed by atoms with E-state index in [1.165, 1.54) is 0 Å². The number of hydrogen-bond donors (Lipinski definition) is 1. The second-order valence-corrected chi connectivity index (χ2v) is 2.80. The third kappa shape index (κ3) is 7.61. The van der Waals surface area contributed by atoms with Gasteiger partial charge in [0.15, 0.2) is 0 Å². The van der Waals surface area contributed by atoms with Crippen molar-refractivity contribution >= 4 is 12.6 Å². The lowest BCUT2D eigenvalue weighted by atomic mass is 10.3. The van der Waals surface area contributed by atoms with E-state index in [1.54, 1.807) is 6.08 Å². The Labute approximate surface area is 95.1 Å². The fourth-order valence-electron chi connectivity index (χ4n) is 0.945. The molecule has 16 heavy (non-hydrogen) atoms. The van der Waals surface area contributed by atoms with Crippen LogP contribution < -0.4 is 5.32 Å². The highest BCUT2D eigenvalue weighted by atomic mass is 16.6. The van der Waals surface area contributed by atoms with E-state index in [0.29, 0.717) is 12.2 Å². The lowest BCUT2D eigenvalue weighted by Gasteiger charge is -2.06. The molecule has 0 heterocycles. The van der Waals surface area contributed by atoms with Crippen molar-refractivity contribution in [3.63, 3.8) is 0 Å². The standard InChI is InChI=1S/C11H17NO4/c1-3-5-10(6-4-2)12-11(14)16-8-7-15-9-13/h3,5-6,9H,4,7-8H2,1-2H3,(H,12,14)/b5-3-,10-6+. The van der Waals surface area contributed by atoms with E-state index in [4.69, 9.17) is 4.74 Å². The molecular formula is C11H17NO4. The van der Waals surface area contributed by atoms with Crippen LogP contribution in [-0.2, 0) is 14.3 Å². The van der Waals surface area contributed by atoms with Gasteiger partial charge in [0.25, 0.3) is 6.47 Å². The summed E-state index contributed by atoms with van der Waals surface area (Å²) < 4.78 is 9.13. The average Bonchev–Trinajstić information content (AvgIpc) is 2.25. The number of hydrogen-bond acceptors (Lipinski definition) is 4. The second-order valence-electron chi connectivity index (χ2n) is 2.80. The SMILES string of the molecule is C/C=C\C(=C/CC)NC(=O)OCCOC=O. The summed E-state index contributed by atoms with van der Waals surface area (Å²) in [7, 11) is 0. The predicted molar refractivity (Wildman–Crippen MR) is 59.7 cm³/mol. The molecule has 0 unspecified atom stereocenters. The van der Waals surface area contributed by atoms with Gasteiger partial charge in [-0.2, -0.15) is 0 Å². The van der Waals surface area contributed by atoms with Gasteiger partial charge in [0.2, 0.25) is 0 Å². The Morgan fingerprint density at radius 1 is 1.38 bits per heavy atom. The number of carbonyl (C=O) groups is 2. The molecule has 0 aromatic heterocycles. The topological polar surface area (TPSA) is 64.6 Å². The van der Waals surface area contributed by atoms with Gasteiger partial charge >= 0.3 is 6.09 Å². The summed E-state index contributed by atoms with van der Waals surface area (Å²) in [6.45, 7) is 4.24. The first-order valence-electron chi connectivity index (χ1n) is 5.06. The normalized spacial score (nSPS) is 11.2. The lowest BCUT2D eigenvalue weighted by Crippen LogP contribution is -2.24. The summed E-state index contributed by atoms with van der Waals surface area (Å²) in [6.07, 6.45) is 5.70. The van der Waals surface area contributed by atoms with Crippen molar-refractivity contribution in [1.82, 2.24) is 5.32 Å². The molecule has 0 aliphatic rings. The highest BCUT2D eigenvalue weighted by Crippen LogP contribution is 1.95. The second kappa shape index (κ2) is 9.76. The number of ether oxygens (including phenoxy) is 2. The largest absolute Gasteiger partial charge is 0.464 e. The van der Waals surface area contributed by atoms with Crippen molar-refractivity contribution in [3.05, 3.63) is 23.9 Å². The molecule has 0 rings (SSSR count). The van der Waals surface area contributed by atoms with Gasteiger partial charge in [-0.3, -0.25) is 10.1 Å². The van der Waals surface area contributed by atoms with E-state index in [2.05, 4.69) is 10.1 Å². The zero-order chi connectivity index (χ0) is 12.2. The van der Waals surface area contributed by atoms with Gasteiger partial charge in [0.05, 0.1) is 0 Å². The molecule has 5 heteroatoms. The molecule has 5 nitrogen and oxygen atoms in total. The number of rotatable bonds is 7. The van der Waals surface area contributed by atoms with Crippen LogP contribution in [0.4, 0.5) is 4.79 Å². The van der Waals surface area contributed by atoms with E-state index < -0.39 is 6.09 Å². The Bertz CT molecular complexity index is 271. The highest BCUT2D eigenvalue weighted by Gasteiger charge is 2.02. The summed E-state index contributed by atoms with van der Waals surface area (Å²) in [6, 6.07) is 0. The number of carbonyl (C=O) groups excluding carboxylic acids is 2. The molecule has 0 aromatic carbocycles. The van der Waals surface area contributed by atoms with Crippen LogP contribution >= 0.6 is 0 Å². The molecule has 0 aliphatic carbocycles. The van der Waals surface area contributed by atoms with Crippen molar-refractivity contribution in [3.8, 4) is 0 Å². The molecule has 0 bridgehead atoms. The quantitative estimate of drug-likeness (QED) is 0.409. The molecule has 0 fully saturated rings. The van der Waals surface area contributed by atoms with Crippen LogP contribution in [0, 0.1) is 0 Å². The first kappa shape index (κ1) is 14.2. The van der Waals surface area contributed by atoms with Gasteiger partial charge in [-0.25, -0.2) is 4.79 Å². The van der Waals surface area contributed by atoms with E-state index in [1.807, 2.05) is 26.0 Å². The van der Waals surface area contributed by atoms with Gasteiger partial charge in [-0.1, -0.05) is 19.1 Å². The van der Waals surface area contributed by atoms with Crippen molar-refractivity contribution in [1.29, 1.82) is 0 Å². The molecule has 0 radical (unpaired) electrons. The maximum Gasteiger partial charge on any atom is 0.411 e. The van der Waals surface area contributed by atoms with Gasteiger partial charge in [-0.05, 0) is 19.4 Å². The highest BCUT2D eigenvalue weighted by molar-refractivity contribution is 5.70. The average molecular weight is 227 g/mol. The van der Waals surface area contributed by atoms with Crippen LogP contribution in [0.15, 0.2) is 23.9 Å². The Hall–Kier alpha value is -1.78. The van der Waals surface area contributed by atoms with Crippen LogP contribution in [0.2, 0.25) is 0 Å². The molecule has 0 atom stereocenters. The Balaban J connectivity index is 3.91. The molecule has 0 aliphatic heterocycles. The van der Waals surface area contributed by atoms with Crippen molar-refractivity contribution in [2.45, 2.75) is 20.3 Å². The smallest absolute Gasteiger partial charge is 0.411 e. The summed E-state index contributed by atoms with van der Waals surface area (Å²) >= 11 is 0. The third-order valence-electron chi connectivity index (χ3n) is 1.52. The van der Waals surface area contributed by atoms with E-state index >= 15 is 0 Å². The van der Waals surface area contributed by atoms with Gasteiger partial charge < -0.3 is 9.47 Å². The van der Waals surface area contributed by atoms with E-state index in [-0.39, 0.29) is 13.2 Å². The predicted octanol–water partition coefficient (Wildman–Crippen LogP) is 1.76. The third-order valence-corrected chi connectivity index (χ3v) is 1.52. The Kier molecular flexibility index (Phi) is 8.68. The van der Waals surface area contributed by atoms with Crippen LogP contribution in [0.25, 0.3) is 0 Å². The van der Waals surface area contributed by atoms with Crippen LogP contribution in [0.3, 0.4) is 0 Å². The molecule has 0 saturated heterocycles. The summed E-state index contributed by atoms with van der Waals surface area (Å²) in [4.78, 5) is 21.0. The zero-order valence-electron chi connectivity index (χ0n) is 9.56. The first-order chi connectivity index (χ1) is 7.74. The Morgan fingerprint density at radius 3 is 2.69 bits per heavy atom. The number of allylic oxidation sites excluding steroid dienone is 3. The van der Waals surface area contributed by atoms with Gasteiger partial charge in [-0.15, -0.1) is 0 Å². The van der Waals surface area contributed by atoms with Crippen LogP contribution in [0.1, 0.15) is 20.3 Å². The number of alkyl carbamates (subject to hydrolysis) is 1. The molecule has 0 aromatic rings. The summed E-state index contributed by atoms with van der Waals surface area (Å²) in [5.41, 5.74) is 0.686. The van der Waals surface area contributed by atoms with Gasteiger partial charge in [0, 0.05) is 5.70 Å². The fourth-order valence-corrected chi connectivity index (χ4v) is 0.945.